The van der Waals surface area contributed by atoms with E-state index in [0.29, 0.717) is 22.3 Å². The van der Waals surface area contributed by atoms with Crippen molar-refractivity contribution in [2.75, 3.05) is 7.11 Å². The van der Waals surface area contributed by atoms with E-state index in [1.807, 2.05) is 13.8 Å². The first-order valence-electron chi connectivity index (χ1n) is 5.94. The van der Waals surface area contributed by atoms with Crippen molar-refractivity contribution < 1.29 is 13.9 Å². The van der Waals surface area contributed by atoms with E-state index in [2.05, 4.69) is 5.32 Å². The molecule has 0 bridgehead atoms. The minimum absolute atomic E-state index is 0.00644. The van der Waals surface area contributed by atoms with Gasteiger partial charge in [-0.25, -0.2) is 4.79 Å². The molecular formula is C14H15NO4. The third-order valence-electron chi connectivity index (χ3n) is 2.62. The van der Waals surface area contributed by atoms with Crippen LogP contribution >= 0.6 is 0 Å². The maximum absolute atomic E-state index is 12.1. The van der Waals surface area contributed by atoms with Gasteiger partial charge in [-0.1, -0.05) is 0 Å². The summed E-state index contributed by atoms with van der Waals surface area (Å²) in [5.74, 6) is 0.273. The topological polar surface area (TPSA) is 68.5 Å². The van der Waals surface area contributed by atoms with Crippen molar-refractivity contribution in [2.45, 2.75) is 19.9 Å². The second kappa shape index (κ2) is 5.14. The molecule has 0 aliphatic carbocycles. The van der Waals surface area contributed by atoms with Gasteiger partial charge < -0.3 is 14.5 Å². The number of fused-ring (bicyclic) bond motifs is 1. The Balaban J connectivity index is 2.60. The Hall–Kier alpha value is -2.30. The molecule has 100 valence electrons. The molecule has 2 rings (SSSR count). The number of nitrogens with one attached hydrogen (secondary N) is 1. The Kier molecular flexibility index (Phi) is 3.55. The molecule has 1 aromatic carbocycles. The maximum atomic E-state index is 12.1. The molecule has 0 atom stereocenters. The van der Waals surface area contributed by atoms with Gasteiger partial charge in [0.25, 0.3) is 5.91 Å². The standard InChI is InChI=1S/C14H15NO4/c1-8(2)15-14(17)11-7-13(16)19-12-6-9(18-3)4-5-10(11)12/h4-8H,1-3H3,(H,15,17). The summed E-state index contributed by atoms with van der Waals surface area (Å²) in [5, 5.41) is 3.34. The van der Waals surface area contributed by atoms with E-state index in [1.165, 1.54) is 13.2 Å². The van der Waals surface area contributed by atoms with Gasteiger partial charge in [-0.2, -0.15) is 0 Å². The van der Waals surface area contributed by atoms with E-state index >= 15 is 0 Å². The van der Waals surface area contributed by atoms with E-state index in [-0.39, 0.29) is 11.9 Å². The van der Waals surface area contributed by atoms with Gasteiger partial charge in [-0.15, -0.1) is 0 Å². The minimum atomic E-state index is -0.561. The zero-order valence-corrected chi connectivity index (χ0v) is 11.0. The summed E-state index contributed by atoms with van der Waals surface area (Å²) in [5.41, 5.74) is 0.0815. The first-order chi connectivity index (χ1) is 9.01. The highest BCUT2D eigenvalue weighted by molar-refractivity contribution is 6.05. The third-order valence-corrected chi connectivity index (χ3v) is 2.62. The Morgan fingerprint density at radius 1 is 1.32 bits per heavy atom. The maximum Gasteiger partial charge on any atom is 0.337 e. The second-order valence-electron chi connectivity index (χ2n) is 4.47. The Labute approximate surface area is 110 Å². The van der Waals surface area contributed by atoms with Crippen LogP contribution < -0.4 is 15.7 Å². The molecule has 0 radical (unpaired) electrons. The van der Waals surface area contributed by atoms with Gasteiger partial charge in [-0.05, 0) is 26.0 Å². The van der Waals surface area contributed by atoms with Crippen molar-refractivity contribution in [3.05, 3.63) is 40.2 Å². The average molecular weight is 261 g/mol. The van der Waals surface area contributed by atoms with E-state index in [1.54, 1.807) is 18.2 Å². The van der Waals surface area contributed by atoms with Crippen LogP contribution in [0.25, 0.3) is 11.0 Å². The van der Waals surface area contributed by atoms with E-state index in [0.717, 1.165) is 0 Å². The molecule has 1 amide bonds. The number of hydrogen-bond acceptors (Lipinski definition) is 4. The molecule has 0 saturated carbocycles. The normalized spacial score (nSPS) is 10.7. The summed E-state index contributed by atoms with van der Waals surface area (Å²) in [6.45, 7) is 3.71. The smallest absolute Gasteiger partial charge is 0.337 e. The van der Waals surface area contributed by atoms with Crippen LogP contribution in [0.4, 0.5) is 0 Å². The van der Waals surface area contributed by atoms with Gasteiger partial charge in [0.2, 0.25) is 0 Å². The molecule has 5 nitrogen and oxygen atoms in total. The van der Waals surface area contributed by atoms with Crippen molar-refractivity contribution in [3.8, 4) is 5.75 Å². The third kappa shape index (κ3) is 2.76. The zero-order chi connectivity index (χ0) is 14.0. The van der Waals surface area contributed by atoms with Crippen LogP contribution in [0, 0.1) is 0 Å². The number of rotatable bonds is 3. The molecule has 0 aliphatic rings. The van der Waals surface area contributed by atoms with Crippen molar-refractivity contribution in [1.29, 1.82) is 0 Å². The highest BCUT2D eigenvalue weighted by Crippen LogP contribution is 2.22. The van der Waals surface area contributed by atoms with Crippen LogP contribution in [0.1, 0.15) is 24.2 Å². The molecule has 0 spiro atoms. The molecule has 0 aliphatic heterocycles. The first kappa shape index (κ1) is 13.1. The Morgan fingerprint density at radius 3 is 2.68 bits per heavy atom. The number of amides is 1. The lowest BCUT2D eigenvalue weighted by Crippen LogP contribution is -2.30. The van der Waals surface area contributed by atoms with Crippen LogP contribution in [0.5, 0.6) is 5.75 Å². The van der Waals surface area contributed by atoms with E-state index in [4.69, 9.17) is 9.15 Å². The fourth-order valence-corrected chi connectivity index (χ4v) is 1.80. The van der Waals surface area contributed by atoms with Crippen LogP contribution in [0.15, 0.2) is 33.5 Å². The number of methoxy groups -OCH3 is 1. The number of hydrogen-bond donors (Lipinski definition) is 1. The van der Waals surface area contributed by atoms with Gasteiger partial charge in [0.05, 0.1) is 12.7 Å². The Bertz CT molecular complexity index is 673. The fourth-order valence-electron chi connectivity index (χ4n) is 1.80. The molecule has 0 fully saturated rings. The molecule has 19 heavy (non-hydrogen) atoms. The summed E-state index contributed by atoms with van der Waals surface area (Å²) in [4.78, 5) is 23.6. The SMILES string of the molecule is COc1ccc2c(C(=O)NC(C)C)cc(=O)oc2c1. The summed E-state index contributed by atoms with van der Waals surface area (Å²) in [6, 6.07) is 6.20. The van der Waals surface area contributed by atoms with Crippen molar-refractivity contribution >= 4 is 16.9 Å². The van der Waals surface area contributed by atoms with Gasteiger partial charge >= 0.3 is 5.63 Å². The van der Waals surface area contributed by atoms with Crippen molar-refractivity contribution in [1.82, 2.24) is 5.32 Å². The lowest BCUT2D eigenvalue weighted by atomic mass is 10.1. The molecule has 0 unspecified atom stereocenters. The Morgan fingerprint density at radius 2 is 2.05 bits per heavy atom. The van der Waals surface area contributed by atoms with Crippen molar-refractivity contribution in [2.24, 2.45) is 0 Å². The van der Waals surface area contributed by atoms with Crippen molar-refractivity contribution in [3.63, 3.8) is 0 Å². The highest BCUT2D eigenvalue weighted by Gasteiger charge is 2.14. The molecule has 2 aromatic rings. The fraction of sp³-hybridized carbons (Fsp3) is 0.286. The monoisotopic (exact) mass is 261 g/mol. The van der Waals surface area contributed by atoms with E-state index in [9.17, 15) is 9.59 Å². The molecule has 1 aromatic heterocycles. The summed E-state index contributed by atoms with van der Waals surface area (Å²) >= 11 is 0. The number of benzene rings is 1. The van der Waals surface area contributed by atoms with Gasteiger partial charge in [0.15, 0.2) is 0 Å². The van der Waals surface area contributed by atoms with Gasteiger partial charge in [-0.3, -0.25) is 4.79 Å². The number of ether oxygens (including phenoxy) is 1. The molecule has 1 N–H and O–H groups in total. The predicted octanol–water partition coefficient (Wildman–Crippen LogP) is 1.94. The molecule has 5 heteroatoms. The number of carbonyl (C=O) groups excluding carboxylic acids is 1. The van der Waals surface area contributed by atoms with Crippen LogP contribution in [-0.2, 0) is 0 Å². The van der Waals surface area contributed by atoms with Gasteiger partial charge in [0, 0.05) is 23.6 Å². The summed E-state index contributed by atoms with van der Waals surface area (Å²) in [7, 11) is 1.52. The largest absolute Gasteiger partial charge is 0.497 e. The second-order valence-corrected chi connectivity index (χ2v) is 4.47. The highest BCUT2D eigenvalue weighted by atomic mass is 16.5. The lowest BCUT2D eigenvalue weighted by Gasteiger charge is -2.10. The van der Waals surface area contributed by atoms with Crippen LogP contribution in [0.3, 0.4) is 0 Å². The number of carbonyl (C=O) groups is 1. The van der Waals surface area contributed by atoms with E-state index < -0.39 is 5.63 Å². The summed E-state index contributed by atoms with van der Waals surface area (Å²) in [6.07, 6.45) is 0. The minimum Gasteiger partial charge on any atom is -0.497 e. The summed E-state index contributed by atoms with van der Waals surface area (Å²) < 4.78 is 10.1. The molecular weight excluding hydrogens is 246 g/mol. The molecule has 1 heterocycles. The molecule has 0 saturated heterocycles. The van der Waals surface area contributed by atoms with Gasteiger partial charge in [0.1, 0.15) is 11.3 Å². The predicted molar refractivity (Wildman–Crippen MR) is 71.6 cm³/mol. The zero-order valence-electron chi connectivity index (χ0n) is 11.0. The lowest BCUT2D eigenvalue weighted by molar-refractivity contribution is 0.0944. The first-order valence-corrected chi connectivity index (χ1v) is 5.94. The average Bonchev–Trinajstić information content (AvgIpc) is 2.36. The van der Waals surface area contributed by atoms with Crippen LogP contribution in [-0.4, -0.2) is 19.1 Å². The quantitative estimate of drug-likeness (QED) is 0.857. The van der Waals surface area contributed by atoms with Crippen LogP contribution in [0.2, 0.25) is 0 Å².